The highest BCUT2D eigenvalue weighted by molar-refractivity contribution is 6.08. The number of aromatic hydroxyl groups is 1. The number of benzene rings is 3. The summed E-state index contributed by atoms with van der Waals surface area (Å²) < 4.78 is 5.85. The number of phenols is 1. The number of hydrogen-bond acceptors (Lipinski definition) is 4. The first-order valence-electron chi connectivity index (χ1n) is 14.0. The van der Waals surface area contributed by atoms with E-state index < -0.39 is 0 Å². The van der Waals surface area contributed by atoms with E-state index in [2.05, 4.69) is 6.92 Å². The van der Waals surface area contributed by atoms with Crippen molar-refractivity contribution in [3.05, 3.63) is 101 Å². The maximum absolute atomic E-state index is 13.2. The summed E-state index contributed by atoms with van der Waals surface area (Å²) in [7, 11) is 0. The SMILES string of the molecule is C[C@]12CC[C@@H]3c4cc(C(=O)/C=C/c5ccc(OCc6ccccc6)cc5)c(O)cc4CC[C@H]3[C@@H]1CC[C@@H]2O. The van der Waals surface area contributed by atoms with Crippen molar-refractivity contribution in [2.75, 3.05) is 0 Å². The van der Waals surface area contributed by atoms with Crippen LogP contribution < -0.4 is 4.74 Å². The van der Waals surface area contributed by atoms with Crippen LogP contribution in [0, 0.1) is 17.3 Å². The molecule has 2 N–H and O–H groups in total. The minimum atomic E-state index is -0.193. The third-order valence-corrected chi connectivity index (χ3v) is 9.61. The van der Waals surface area contributed by atoms with E-state index in [9.17, 15) is 15.0 Å². The van der Waals surface area contributed by atoms with Gasteiger partial charge in [0.05, 0.1) is 11.7 Å². The number of allylic oxidation sites excluding steroid dienone is 1. The number of carbonyl (C=O) groups is 1. The minimum absolute atomic E-state index is 0.0269. The molecule has 6 rings (SSSR count). The monoisotopic (exact) mass is 508 g/mol. The number of aliphatic hydroxyl groups is 1. The standard InChI is InChI=1S/C34H36O4/c1-34-18-17-26-27(30(34)14-16-33(34)37)13-10-24-19-32(36)29(20-28(24)26)31(35)15-9-22-7-11-25(12-8-22)38-21-23-5-3-2-4-6-23/h2-9,11-12,15,19-20,26-27,30,33,36-37H,10,13-14,16-18,21H2,1H3/b15-9+/t26-,27+,30-,33-,34-/m0/s1. The molecule has 3 aliphatic carbocycles. The number of aryl methyl sites for hydroxylation is 1. The van der Waals surface area contributed by atoms with Gasteiger partial charge in [0.25, 0.3) is 0 Å². The molecule has 0 aromatic heterocycles. The summed E-state index contributed by atoms with van der Waals surface area (Å²) in [5, 5.41) is 21.4. The highest BCUT2D eigenvalue weighted by Gasteiger charge is 2.54. The van der Waals surface area contributed by atoms with Crippen LogP contribution in [0.5, 0.6) is 11.5 Å². The molecule has 0 saturated heterocycles. The molecule has 3 aromatic carbocycles. The third-order valence-electron chi connectivity index (χ3n) is 9.61. The normalized spacial score (nSPS) is 27.9. The second-order valence-corrected chi connectivity index (χ2v) is 11.7. The Morgan fingerprint density at radius 1 is 1.03 bits per heavy atom. The zero-order valence-corrected chi connectivity index (χ0v) is 22.0. The van der Waals surface area contributed by atoms with Gasteiger partial charge in [0.15, 0.2) is 5.78 Å². The van der Waals surface area contributed by atoms with Gasteiger partial charge in [-0.15, -0.1) is 0 Å². The van der Waals surface area contributed by atoms with Gasteiger partial charge in [0.1, 0.15) is 18.1 Å². The van der Waals surface area contributed by atoms with E-state index in [0.29, 0.717) is 29.9 Å². The molecule has 0 bridgehead atoms. The maximum atomic E-state index is 13.2. The van der Waals surface area contributed by atoms with E-state index in [1.807, 2.05) is 66.7 Å². The number of phenolic OH excluding ortho intramolecular Hbond substituents is 1. The van der Waals surface area contributed by atoms with Crippen molar-refractivity contribution in [2.45, 2.75) is 64.1 Å². The summed E-state index contributed by atoms with van der Waals surface area (Å²) in [6, 6.07) is 21.5. The molecule has 0 amide bonds. The first kappa shape index (κ1) is 24.9. The van der Waals surface area contributed by atoms with Crippen LogP contribution in [0.2, 0.25) is 0 Å². The van der Waals surface area contributed by atoms with Crippen LogP contribution in [0.1, 0.15) is 77.6 Å². The molecule has 0 radical (unpaired) electrons. The maximum Gasteiger partial charge on any atom is 0.189 e. The molecule has 0 aliphatic heterocycles. The summed E-state index contributed by atoms with van der Waals surface area (Å²) >= 11 is 0. The molecule has 4 heteroatoms. The number of fused-ring (bicyclic) bond motifs is 5. The van der Waals surface area contributed by atoms with Gasteiger partial charge in [0, 0.05) is 0 Å². The Kier molecular flexibility index (Phi) is 6.61. The summed E-state index contributed by atoms with van der Waals surface area (Å²) in [5.41, 5.74) is 4.83. The fourth-order valence-corrected chi connectivity index (χ4v) is 7.46. The topological polar surface area (TPSA) is 66.8 Å². The van der Waals surface area contributed by atoms with Crippen LogP contribution in [0.3, 0.4) is 0 Å². The lowest BCUT2D eigenvalue weighted by Crippen LogP contribution is -2.43. The molecule has 2 fully saturated rings. The lowest BCUT2D eigenvalue weighted by Gasteiger charge is -2.50. The quantitative estimate of drug-likeness (QED) is 0.276. The Morgan fingerprint density at radius 2 is 1.82 bits per heavy atom. The highest BCUT2D eigenvalue weighted by atomic mass is 16.5. The van der Waals surface area contributed by atoms with Gasteiger partial charge < -0.3 is 14.9 Å². The molecule has 3 aliphatic rings. The van der Waals surface area contributed by atoms with Gasteiger partial charge in [-0.1, -0.05) is 55.5 Å². The van der Waals surface area contributed by atoms with E-state index >= 15 is 0 Å². The van der Waals surface area contributed by atoms with E-state index in [-0.39, 0.29) is 23.1 Å². The van der Waals surface area contributed by atoms with Crippen molar-refractivity contribution in [3.63, 3.8) is 0 Å². The predicted molar refractivity (Wildman–Crippen MR) is 149 cm³/mol. The van der Waals surface area contributed by atoms with Crippen LogP contribution >= 0.6 is 0 Å². The van der Waals surface area contributed by atoms with Crippen molar-refractivity contribution >= 4 is 11.9 Å². The first-order chi connectivity index (χ1) is 18.4. The second kappa shape index (κ2) is 10.1. The van der Waals surface area contributed by atoms with Crippen molar-refractivity contribution in [1.82, 2.24) is 0 Å². The molecule has 38 heavy (non-hydrogen) atoms. The number of ether oxygens (including phenoxy) is 1. The second-order valence-electron chi connectivity index (χ2n) is 11.7. The van der Waals surface area contributed by atoms with Crippen LogP contribution in [-0.4, -0.2) is 22.1 Å². The summed E-state index contributed by atoms with van der Waals surface area (Å²) in [6.45, 7) is 2.79. The first-order valence-corrected chi connectivity index (χ1v) is 14.0. The molecule has 196 valence electrons. The van der Waals surface area contributed by atoms with E-state index in [0.717, 1.165) is 55.4 Å². The average Bonchev–Trinajstić information content (AvgIpc) is 3.25. The molecule has 0 unspecified atom stereocenters. The highest BCUT2D eigenvalue weighted by Crippen LogP contribution is 2.61. The zero-order chi connectivity index (χ0) is 26.3. The Labute approximate surface area is 225 Å². The molecule has 0 heterocycles. The van der Waals surface area contributed by atoms with Crippen molar-refractivity contribution < 1.29 is 19.7 Å². The van der Waals surface area contributed by atoms with E-state index in [1.54, 1.807) is 12.2 Å². The number of aliphatic hydroxyl groups excluding tert-OH is 1. The summed E-state index contributed by atoms with van der Waals surface area (Å²) in [5.74, 6) is 2.15. The average molecular weight is 509 g/mol. The van der Waals surface area contributed by atoms with Crippen molar-refractivity contribution in [3.8, 4) is 11.5 Å². The van der Waals surface area contributed by atoms with Gasteiger partial charge in [-0.05, 0) is 114 Å². The Balaban J connectivity index is 1.16. The van der Waals surface area contributed by atoms with Crippen LogP contribution in [0.15, 0.2) is 72.8 Å². The van der Waals surface area contributed by atoms with Gasteiger partial charge in [-0.3, -0.25) is 4.79 Å². The summed E-state index contributed by atoms with van der Waals surface area (Å²) in [6.07, 6.45) is 9.23. The van der Waals surface area contributed by atoms with Gasteiger partial charge >= 0.3 is 0 Å². The number of ketones is 1. The van der Waals surface area contributed by atoms with Gasteiger partial charge in [0.2, 0.25) is 0 Å². The molecule has 4 nitrogen and oxygen atoms in total. The predicted octanol–water partition coefficient (Wildman–Crippen LogP) is 7.08. The Morgan fingerprint density at radius 3 is 2.61 bits per heavy atom. The van der Waals surface area contributed by atoms with Crippen molar-refractivity contribution in [2.24, 2.45) is 17.3 Å². The smallest absolute Gasteiger partial charge is 0.189 e. The molecular weight excluding hydrogens is 472 g/mol. The zero-order valence-electron chi connectivity index (χ0n) is 22.0. The van der Waals surface area contributed by atoms with E-state index in [1.165, 1.54) is 11.1 Å². The molecule has 2 saturated carbocycles. The molecule has 5 atom stereocenters. The van der Waals surface area contributed by atoms with Crippen LogP contribution in [-0.2, 0) is 13.0 Å². The third kappa shape index (κ3) is 4.56. The van der Waals surface area contributed by atoms with Crippen LogP contribution in [0.4, 0.5) is 0 Å². The number of rotatable bonds is 6. The van der Waals surface area contributed by atoms with E-state index in [4.69, 9.17) is 4.74 Å². The molecule has 3 aromatic rings. The molecular formula is C34H36O4. The Bertz CT molecular complexity index is 1340. The fraction of sp³-hybridized carbons (Fsp3) is 0.382. The lowest BCUT2D eigenvalue weighted by atomic mass is 9.55. The number of carbonyl (C=O) groups excluding carboxylic acids is 1. The number of hydrogen-bond donors (Lipinski definition) is 2. The molecule has 0 spiro atoms. The van der Waals surface area contributed by atoms with Crippen molar-refractivity contribution in [1.29, 1.82) is 0 Å². The fourth-order valence-electron chi connectivity index (χ4n) is 7.46. The lowest BCUT2D eigenvalue weighted by molar-refractivity contribution is -0.0226. The van der Waals surface area contributed by atoms with Crippen LogP contribution in [0.25, 0.3) is 6.08 Å². The summed E-state index contributed by atoms with van der Waals surface area (Å²) in [4.78, 5) is 13.2. The van der Waals surface area contributed by atoms with Gasteiger partial charge in [-0.2, -0.15) is 0 Å². The Hall–Kier alpha value is -3.37. The largest absolute Gasteiger partial charge is 0.507 e. The van der Waals surface area contributed by atoms with Gasteiger partial charge in [-0.25, -0.2) is 0 Å². The minimum Gasteiger partial charge on any atom is -0.507 e.